The Bertz CT molecular complexity index is 402. The van der Waals surface area contributed by atoms with Gasteiger partial charge in [0.2, 0.25) is 13.9 Å². The van der Waals surface area contributed by atoms with Crippen molar-refractivity contribution in [2.75, 3.05) is 12.9 Å². The van der Waals surface area contributed by atoms with Gasteiger partial charge in [-0.15, -0.1) is 0 Å². The first-order chi connectivity index (χ1) is 7.49. The Morgan fingerprint density at radius 3 is 2.18 bits per heavy atom. The van der Waals surface area contributed by atoms with E-state index in [1.54, 1.807) is 0 Å². The Morgan fingerprint density at radius 1 is 1.41 bits per heavy atom. The van der Waals surface area contributed by atoms with Crippen LogP contribution in [0.25, 0.3) is 0 Å². The normalized spacial score (nSPS) is 16.5. The molecule has 0 aliphatic heterocycles. The van der Waals surface area contributed by atoms with Crippen LogP contribution in [0.2, 0.25) is 0 Å². The number of Topliss-reactive ketones (excluding diaryl/α,β-unsaturated/α-hetero) is 1. The van der Waals surface area contributed by atoms with Crippen LogP contribution in [0.15, 0.2) is 0 Å². The summed E-state index contributed by atoms with van der Waals surface area (Å²) in [4.78, 5) is 10.8. The summed E-state index contributed by atoms with van der Waals surface area (Å²) in [5.41, 5.74) is 0. The number of alkyl halides is 3. The molecule has 102 valence electrons. The van der Waals surface area contributed by atoms with Crippen LogP contribution in [0.5, 0.6) is 0 Å². The molecule has 0 amide bonds. The van der Waals surface area contributed by atoms with Crippen molar-refractivity contribution in [1.29, 1.82) is 0 Å². The van der Waals surface area contributed by atoms with E-state index < -0.39 is 36.0 Å². The number of carbonyl (C=O) groups excluding carboxylic acids is 1. The minimum absolute atomic E-state index is 0.243. The fourth-order valence-corrected chi connectivity index (χ4v) is 2.82. The lowest BCUT2D eigenvalue weighted by molar-refractivity contribution is -0.175. The van der Waals surface area contributed by atoms with E-state index in [-0.39, 0.29) is 6.61 Å². The molecule has 0 spiro atoms. The molecule has 6 nitrogen and oxygen atoms in total. The summed E-state index contributed by atoms with van der Waals surface area (Å²) >= 11 is 0. The average Bonchev–Trinajstić information content (AvgIpc) is 2.10. The number of carbonyl (C=O) groups is 1. The molecule has 0 aromatic carbocycles. The maximum atomic E-state index is 12.1. The third-order valence-electron chi connectivity index (χ3n) is 1.29. The van der Waals surface area contributed by atoms with Crippen LogP contribution < -0.4 is 0 Å². The summed E-state index contributed by atoms with van der Waals surface area (Å²) in [6.45, 7) is 1.07. The van der Waals surface area contributed by atoms with Crippen LogP contribution in [0.1, 0.15) is 6.92 Å². The molecule has 0 aromatic heterocycles. The van der Waals surface area contributed by atoms with Crippen molar-refractivity contribution >= 4 is 23.9 Å². The molecule has 0 aromatic rings. The van der Waals surface area contributed by atoms with Gasteiger partial charge in [0, 0.05) is 0 Å². The third kappa shape index (κ3) is 6.16. The number of ketones is 1. The third-order valence-corrected chi connectivity index (χ3v) is 3.38. The van der Waals surface area contributed by atoms with E-state index in [2.05, 4.69) is 8.71 Å². The van der Waals surface area contributed by atoms with Gasteiger partial charge in [0.05, 0.1) is 12.9 Å². The average molecular weight is 298 g/mol. The number of hydrogen-bond donors (Lipinski definition) is 0. The summed E-state index contributed by atoms with van der Waals surface area (Å²) in [5, 5.41) is 0. The van der Waals surface area contributed by atoms with Gasteiger partial charge in [0.15, 0.2) is 0 Å². The second kappa shape index (κ2) is 5.94. The van der Waals surface area contributed by atoms with E-state index >= 15 is 0 Å². The zero-order valence-electron chi connectivity index (χ0n) is 8.78. The highest BCUT2D eigenvalue weighted by atomic mass is 32.2. The van der Waals surface area contributed by atoms with Crippen molar-refractivity contribution < 1.29 is 39.7 Å². The molecular formula is C6H10F3O6PS. The molecule has 0 aliphatic rings. The second-order valence-corrected chi connectivity index (χ2v) is 5.85. The lowest BCUT2D eigenvalue weighted by Crippen LogP contribution is -2.35. The van der Waals surface area contributed by atoms with Gasteiger partial charge in [0.1, 0.15) is 0 Å². The zero-order valence-corrected chi connectivity index (χ0v) is 10.6. The highest BCUT2D eigenvalue weighted by Crippen LogP contribution is 2.36. The van der Waals surface area contributed by atoms with Gasteiger partial charge >= 0.3 is 6.18 Å². The number of halogens is 3. The second-order valence-electron chi connectivity index (χ2n) is 2.79. The van der Waals surface area contributed by atoms with Crippen LogP contribution >= 0.6 is 8.03 Å². The maximum Gasteiger partial charge on any atom is 0.453 e. The van der Waals surface area contributed by atoms with Crippen LogP contribution in [0.3, 0.4) is 0 Å². The van der Waals surface area contributed by atoms with E-state index in [0.29, 0.717) is 6.26 Å². The molecule has 0 radical (unpaired) electrons. The molecule has 2 unspecified atom stereocenters. The number of rotatable bonds is 6. The Morgan fingerprint density at radius 2 is 1.88 bits per heavy atom. The molecule has 0 fully saturated rings. The van der Waals surface area contributed by atoms with E-state index in [1.165, 1.54) is 6.92 Å². The maximum absolute atomic E-state index is 12.1. The molecule has 0 saturated carbocycles. The van der Waals surface area contributed by atoms with Gasteiger partial charge in [-0.25, -0.2) is 4.18 Å². The Balaban J connectivity index is 5.13. The standard InChI is InChI=1S/C6H10F3O6PS/c1-3-14-16(11)5(15-17(2,12)13)4(10)6(7,8)9/h5,16H,3H2,1-2H3. The van der Waals surface area contributed by atoms with Crippen molar-refractivity contribution in [3.63, 3.8) is 0 Å². The molecule has 0 aliphatic carbocycles. The number of hydrogen-bond acceptors (Lipinski definition) is 6. The Kier molecular flexibility index (Phi) is 5.79. The van der Waals surface area contributed by atoms with Gasteiger partial charge in [0.25, 0.3) is 15.9 Å². The van der Waals surface area contributed by atoms with Gasteiger partial charge in [-0.3, -0.25) is 9.36 Å². The molecule has 0 bridgehead atoms. The molecule has 0 saturated heterocycles. The predicted octanol–water partition coefficient (Wildman–Crippen LogP) is 0.931. The highest BCUT2D eigenvalue weighted by molar-refractivity contribution is 7.86. The topological polar surface area (TPSA) is 86.7 Å². The molecular weight excluding hydrogens is 288 g/mol. The molecule has 17 heavy (non-hydrogen) atoms. The molecule has 11 heteroatoms. The zero-order chi connectivity index (χ0) is 13.9. The SMILES string of the molecule is CCO[PH](=O)C(OS(C)(=O)=O)C(=O)C(F)(F)F. The van der Waals surface area contributed by atoms with E-state index in [1.807, 2.05) is 0 Å². The predicted molar refractivity (Wildman–Crippen MR) is 51.4 cm³/mol. The summed E-state index contributed by atoms with van der Waals surface area (Å²) in [6, 6.07) is 0. The van der Waals surface area contributed by atoms with Crippen molar-refractivity contribution in [3.8, 4) is 0 Å². The van der Waals surface area contributed by atoms with Crippen molar-refractivity contribution in [2.24, 2.45) is 0 Å². The highest BCUT2D eigenvalue weighted by Gasteiger charge is 2.48. The lowest BCUT2D eigenvalue weighted by atomic mass is 10.4. The monoisotopic (exact) mass is 298 g/mol. The minimum Gasteiger partial charge on any atom is -0.329 e. The van der Waals surface area contributed by atoms with Crippen LogP contribution in [0.4, 0.5) is 13.2 Å². The van der Waals surface area contributed by atoms with Gasteiger partial charge < -0.3 is 4.52 Å². The lowest BCUT2D eigenvalue weighted by Gasteiger charge is -2.15. The summed E-state index contributed by atoms with van der Waals surface area (Å²) in [7, 11) is -7.98. The molecule has 2 atom stereocenters. The Labute approximate surface area is 96.1 Å². The van der Waals surface area contributed by atoms with Crippen molar-refractivity contribution in [3.05, 3.63) is 0 Å². The van der Waals surface area contributed by atoms with E-state index in [4.69, 9.17) is 0 Å². The first kappa shape index (κ1) is 16.6. The quantitative estimate of drug-likeness (QED) is 0.535. The minimum atomic E-state index is -5.35. The fourth-order valence-electron chi connectivity index (χ4n) is 0.731. The van der Waals surface area contributed by atoms with Crippen LogP contribution in [-0.4, -0.2) is 39.1 Å². The first-order valence-corrected chi connectivity index (χ1v) is 7.36. The smallest absolute Gasteiger partial charge is 0.329 e. The Hall–Kier alpha value is -0.440. The van der Waals surface area contributed by atoms with Crippen molar-refractivity contribution in [2.45, 2.75) is 18.9 Å². The van der Waals surface area contributed by atoms with Crippen molar-refractivity contribution in [1.82, 2.24) is 0 Å². The molecule has 0 heterocycles. The van der Waals surface area contributed by atoms with E-state index in [9.17, 15) is 30.9 Å². The fraction of sp³-hybridized carbons (Fsp3) is 0.833. The van der Waals surface area contributed by atoms with Crippen LogP contribution in [0, 0.1) is 0 Å². The first-order valence-electron chi connectivity index (χ1n) is 4.15. The molecule has 0 rings (SSSR count). The van der Waals surface area contributed by atoms with Crippen LogP contribution in [-0.2, 0) is 28.2 Å². The molecule has 0 N–H and O–H groups in total. The summed E-state index contributed by atoms with van der Waals surface area (Å²) < 4.78 is 76.9. The van der Waals surface area contributed by atoms with E-state index in [0.717, 1.165) is 0 Å². The summed E-state index contributed by atoms with van der Waals surface area (Å²) in [6.07, 6.45) is -4.92. The van der Waals surface area contributed by atoms with Gasteiger partial charge in [-0.2, -0.15) is 21.6 Å². The van der Waals surface area contributed by atoms with Gasteiger partial charge in [-0.05, 0) is 6.92 Å². The van der Waals surface area contributed by atoms with Gasteiger partial charge in [-0.1, -0.05) is 0 Å². The largest absolute Gasteiger partial charge is 0.453 e. The summed E-state index contributed by atoms with van der Waals surface area (Å²) in [5.74, 6) is -5.23.